The molecule has 3 N–H and O–H groups in total. The van der Waals surface area contributed by atoms with E-state index < -0.39 is 18.3 Å². The molecule has 0 spiro atoms. The molecule has 2 fully saturated rings. The van der Waals surface area contributed by atoms with Crippen molar-refractivity contribution in [3.8, 4) is 0 Å². The number of hydrogen-bond donors (Lipinski definition) is 3. The van der Waals surface area contributed by atoms with Crippen molar-refractivity contribution >= 4 is 52.5 Å². The number of nitrogens with one attached hydrogen (secondary N) is 3. The molecule has 0 radical (unpaired) electrons. The van der Waals surface area contributed by atoms with Crippen molar-refractivity contribution in [1.82, 2.24) is 20.6 Å². The number of aromatic nitrogens is 2. The van der Waals surface area contributed by atoms with Crippen LogP contribution in [-0.2, 0) is 20.6 Å². The number of benzene rings is 1. The van der Waals surface area contributed by atoms with Crippen molar-refractivity contribution in [3.63, 3.8) is 0 Å². The number of anilines is 2. The average Bonchev–Trinajstić information content (AvgIpc) is 3.33. The third-order valence-electron chi connectivity index (χ3n) is 7.25. The lowest BCUT2D eigenvalue weighted by Gasteiger charge is -2.32. The molecule has 1 amide bonds. The summed E-state index contributed by atoms with van der Waals surface area (Å²) in [6.45, 7) is 9.49. The van der Waals surface area contributed by atoms with Gasteiger partial charge in [0.15, 0.2) is 5.82 Å². The van der Waals surface area contributed by atoms with Gasteiger partial charge in [-0.1, -0.05) is 23.7 Å². The second kappa shape index (κ2) is 9.63. The van der Waals surface area contributed by atoms with E-state index in [1.54, 1.807) is 6.20 Å². The quantitative estimate of drug-likeness (QED) is 0.420. The number of amides is 1. The van der Waals surface area contributed by atoms with E-state index in [1.165, 1.54) is 0 Å². The molecule has 1 atom stereocenters. The Morgan fingerprint density at radius 3 is 2.67 bits per heavy atom. The molecule has 8 nitrogen and oxygen atoms in total. The lowest BCUT2D eigenvalue weighted by Crippen LogP contribution is -2.41. The molecule has 3 aromatic rings. The number of carbonyl (C=O) groups is 1. The predicted molar refractivity (Wildman–Crippen MR) is 143 cm³/mol. The maximum Gasteiger partial charge on any atom is 0.496 e. The van der Waals surface area contributed by atoms with Crippen LogP contribution in [0, 0.1) is 0 Å². The van der Waals surface area contributed by atoms with Crippen LogP contribution >= 0.6 is 11.6 Å². The zero-order valence-electron chi connectivity index (χ0n) is 21.0. The summed E-state index contributed by atoms with van der Waals surface area (Å²) in [5.74, 6) is 0.747. The Morgan fingerprint density at radius 1 is 1.17 bits per heavy atom. The van der Waals surface area contributed by atoms with E-state index in [0.29, 0.717) is 29.5 Å². The van der Waals surface area contributed by atoms with Crippen molar-refractivity contribution in [2.45, 2.75) is 64.3 Å². The van der Waals surface area contributed by atoms with Crippen molar-refractivity contribution < 1.29 is 14.1 Å². The summed E-state index contributed by atoms with van der Waals surface area (Å²) in [7, 11) is -0.560. The van der Waals surface area contributed by atoms with Crippen LogP contribution < -0.4 is 21.4 Å². The van der Waals surface area contributed by atoms with Gasteiger partial charge in [0.05, 0.1) is 21.9 Å². The summed E-state index contributed by atoms with van der Waals surface area (Å²) in [5.41, 5.74) is 2.37. The molecule has 0 bridgehead atoms. The van der Waals surface area contributed by atoms with Crippen LogP contribution in [-0.4, -0.2) is 46.8 Å². The standard InChI is InChI=1S/C26H31BClN5O3/c1-25(2)26(3,4)36-27(35-25)19-6-5-7-20(22(19)28)33-24-23-17(10-11-30-24)12-16(14-31-23)13-29-15-18-8-9-21(34)32-18/h5-7,10-12,14,18,29H,8-9,13,15H2,1-4H3,(H,30,33)(H,32,34)/t18-/m0/s1. The summed E-state index contributed by atoms with van der Waals surface area (Å²) in [6.07, 6.45) is 5.08. The lowest BCUT2D eigenvalue weighted by atomic mass is 9.79. The highest BCUT2D eigenvalue weighted by atomic mass is 35.5. The number of fused-ring (bicyclic) bond motifs is 1. The molecule has 2 aliphatic heterocycles. The molecule has 0 saturated carbocycles. The monoisotopic (exact) mass is 507 g/mol. The minimum atomic E-state index is -0.560. The first-order chi connectivity index (χ1) is 17.1. The topological polar surface area (TPSA) is 97.4 Å². The van der Waals surface area contributed by atoms with Crippen molar-refractivity contribution in [1.29, 1.82) is 0 Å². The molecule has 1 aromatic carbocycles. The third-order valence-corrected chi connectivity index (χ3v) is 7.67. The van der Waals surface area contributed by atoms with Gasteiger partial charge in [0.1, 0.15) is 5.52 Å². The Morgan fingerprint density at radius 2 is 1.94 bits per heavy atom. The molecule has 2 aliphatic rings. The number of pyridine rings is 2. The van der Waals surface area contributed by atoms with Crippen LogP contribution in [0.25, 0.3) is 10.9 Å². The van der Waals surface area contributed by atoms with Gasteiger partial charge in [0, 0.05) is 48.8 Å². The molecule has 5 rings (SSSR count). The average molecular weight is 508 g/mol. The first-order valence-electron chi connectivity index (χ1n) is 12.3. The first-order valence-corrected chi connectivity index (χ1v) is 12.7. The van der Waals surface area contributed by atoms with Crippen molar-refractivity contribution in [2.24, 2.45) is 0 Å². The largest absolute Gasteiger partial charge is 0.496 e. The second-order valence-corrected chi connectivity index (χ2v) is 10.8. The minimum absolute atomic E-state index is 0.128. The zero-order valence-corrected chi connectivity index (χ0v) is 21.8. The predicted octanol–water partition coefficient (Wildman–Crippen LogP) is 3.69. The van der Waals surface area contributed by atoms with E-state index in [1.807, 2.05) is 58.2 Å². The fourth-order valence-corrected chi connectivity index (χ4v) is 4.70. The molecule has 10 heteroatoms. The van der Waals surface area contributed by atoms with Crippen LogP contribution in [0.5, 0.6) is 0 Å². The number of rotatable bonds is 7. The van der Waals surface area contributed by atoms with E-state index in [-0.39, 0.29) is 11.9 Å². The highest BCUT2D eigenvalue weighted by molar-refractivity contribution is 6.66. The zero-order chi connectivity index (χ0) is 25.5. The summed E-state index contributed by atoms with van der Waals surface area (Å²) < 4.78 is 12.4. The van der Waals surface area contributed by atoms with E-state index in [9.17, 15) is 4.79 Å². The first kappa shape index (κ1) is 25.0. The highest BCUT2D eigenvalue weighted by Crippen LogP contribution is 2.38. The summed E-state index contributed by atoms with van der Waals surface area (Å²) in [6, 6.07) is 9.97. The normalized spacial score (nSPS) is 20.6. The Hall–Kier alpha value is -2.72. The molecular weight excluding hydrogens is 477 g/mol. The summed E-state index contributed by atoms with van der Waals surface area (Å²) >= 11 is 6.82. The third kappa shape index (κ3) is 4.93. The SMILES string of the molecule is CC1(C)OB(c2cccc(Nc3nccc4cc(CNC[C@@H]5CCC(=O)N5)cnc34)c2Cl)OC1(C)C. The Bertz CT molecular complexity index is 1290. The van der Waals surface area contributed by atoms with Gasteiger partial charge in [0.2, 0.25) is 5.91 Å². The maximum absolute atomic E-state index is 11.4. The molecular formula is C26H31BClN5O3. The minimum Gasteiger partial charge on any atom is -0.399 e. The van der Waals surface area contributed by atoms with Gasteiger partial charge < -0.3 is 25.3 Å². The van der Waals surface area contributed by atoms with Gasteiger partial charge >= 0.3 is 7.12 Å². The van der Waals surface area contributed by atoms with Crippen molar-refractivity contribution in [3.05, 3.63) is 53.3 Å². The van der Waals surface area contributed by atoms with Gasteiger partial charge in [-0.2, -0.15) is 0 Å². The van der Waals surface area contributed by atoms with Crippen molar-refractivity contribution in [2.75, 3.05) is 11.9 Å². The number of halogens is 1. The second-order valence-electron chi connectivity index (χ2n) is 10.4. The molecule has 36 heavy (non-hydrogen) atoms. The molecule has 0 aliphatic carbocycles. The number of hydrogen-bond acceptors (Lipinski definition) is 7. The van der Waals surface area contributed by atoms with E-state index >= 15 is 0 Å². The smallest absolute Gasteiger partial charge is 0.399 e. The molecule has 2 aromatic heterocycles. The van der Waals surface area contributed by atoms with Crippen LogP contribution in [0.3, 0.4) is 0 Å². The fourth-order valence-electron chi connectivity index (χ4n) is 4.44. The van der Waals surface area contributed by atoms with Gasteiger partial charge in [-0.15, -0.1) is 0 Å². The highest BCUT2D eigenvalue weighted by Gasteiger charge is 2.52. The van der Waals surface area contributed by atoms with E-state index in [0.717, 1.165) is 34.9 Å². The van der Waals surface area contributed by atoms with Crippen LogP contribution in [0.2, 0.25) is 5.02 Å². The van der Waals surface area contributed by atoms with Gasteiger partial charge in [-0.25, -0.2) is 4.98 Å². The molecule has 2 saturated heterocycles. The fraction of sp³-hybridized carbons (Fsp3) is 0.423. The van der Waals surface area contributed by atoms with Gasteiger partial charge in [0.25, 0.3) is 0 Å². The Labute approximate surface area is 216 Å². The number of nitrogens with zero attached hydrogens (tertiary/aromatic N) is 2. The Balaban J connectivity index is 1.32. The Kier molecular flexibility index (Phi) is 6.68. The van der Waals surface area contributed by atoms with Gasteiger partial charge in [-0.3, -0.25) is 9.78 Å². The van der Waals surface area contributed by atoms with E-state index in [4.69, 9.17) is 20.9 Å². The van der Waals surface area contributed by atoms with Crippen LogP contribution in [0.4, 0.5) is 11.5 Å². The van der Waals surface area contributed by atoms with Crippen LogP contribution in [0.1, 0.15) is 46.1 Å². The lowest BCUT2D eigenvalue weighted by molar-refractivity contribution is -0.119. The maximum atomic E-state index is 11.4. The molecule has 188 valence electrons. The summed E-state index contributed by atoms with van der Waals surface area (Å²) in [5, 5.41) is 11.2. The van der Waals surface area contributed by atoms with Crippen LogP contribution in [0.15, 0.2) is 42.7 Å². The van der Waals surface area contributed by atoms with Gasteiger partial charge in [-0.05, 0) is 57.9 Å². The molecule has 4 heterocycles. The molecule has 0 unspecified atom stereocenters. The van der Waals surface area contributed by atoms with E-state index in [2.05, 4.69) is 32.0 Å². The number of carbonyl (C=O) groups excluding carboxylic acids is 1. The summed E-state index contributed by atoms with van der Waals surface area (Å²) in [4.78, 5) is 20.6.